The van der Waals surface area contributed by atoms with Gasteiger partial charge >= 0.3 is 0 Å². The van der Waals surface area contributed by atoms with E-state index in [1.165, 1.54) is 0 Å². The number of aliphatic imine (C=N–C) groups is 1. The summed E-state index contributed by atoms with van der Waals surface area (Å²) < 4.78 is 5.46. The molecule has 2 heterocycles. The van der Waals surface area contributed by atoms with Gasteiger partial charge in [-0.2, -0.15) is 0 Å². The largest absolute Gasteiger partial charge is 0.379 e. The summed E-state index contributed by atoms with van der Waals surface area (Å²) in [7, 11) is 0. The maximum absolute atomic E-state index is 12.0. The minimum absolute atomic E-state index is 0. The highest BCUT2D eigenvalue weighted by molar-refractivity contribution is 14.0. The van der Waals surface area contributed by atoms with Crippen molar-refractivity contribution in [2.75, 3.05) is 52.5 Å². The van der Waals surface area contributed by atoms with E-state index in [0.29, 0.717) is 18.4 Å². The molecule has 0 aliphatic carbocycles. The molecule has 1 unspecified atom stereocenters. The van der Waals surface area contributed by atoms with Crippen molar-refractivity contribution in [2.45, 2.75) is 65.0 Å². The van der Waals surface area contributed by atoms with Crippen LogP contribution in [0.15, 0.2) is 4.99 Å². The molecular formula is C20H40IN5O2. The summed E-state index contributed by atoms with van der Waals surface area (Å²) in [5, 5.41) is 6.80. The van der Waals surface area contributed by atoms with Gasteiger partial charge in [-0.1, -0.05) is 6.92 Å². The third-order valence-corrected chi connectivity index (χ3v) is 5.63. The predicted molar refractivity (Wildman–Crippen MR) is 126 cm³/mol. The van der Waals surface area contributed by atoms with Crippen LogP contribution in [0.25, 0.3) is 0 Å². The monoisotopic (exact) mass is 509 g/mol. The number of amides is 1. The lowest BCUT2D eigenvalue weighted by Gasteiger charge is -2.40. The summed E-state index contributed by atoms with van der Waals surface area (Å²) in [5.41, 5.74) is 0.0139. The van der Waals surface area contributed by atoms with Crippen LogP contribution in [0.3, 0.4) is 0 Å². The Morgan fingerprint density at radius 3 is 2.50 bits per heavy atom. The molecule has 2 aliphatic heterocycles. The van der Waals surface area contributed by atoms with Crippen LogP contribution in [-0.2, 0) is 9.53 Å². The van der Waals surface area contributed by atoms with Crippen molar-refractivity contribution in [3.8, 4) is 0 Å². The van der Waals surface area contributed by atoms with Crippen molar-refractivity contribution in [3.63, 3.8) is 0 Å². The molecule has 1 atom stereocenters. The minimum atomic E-state index is 0. The number of carbonyl (C=O) groups is 1. The Balaban J connectivity index is 0.00000392. The van der Waals surface area contributed by atoms with Gasteiger partial charge < -0.3 is 20.3 Å². The number of morpholine rings is 1. The summed E-state index contributed by atoms with van der Waals surface area (Å²) in [6, 6.07) is 0.333. The van der Waals surface area contributed by atoms with Gasteiger partial charge in [-0.3, -0.25) is 14.7 Å². The van der Waals surface area contributed by atoms with E-state index in [9.17, 15) is 4.79 Å². The predicted octanol–water partition coefficient (Wildman–Crippen LogP) is 2.06. The first-order valence-electron chi connectivity index (χ1n) is 10.6. The van der Waals surface area contributed by atoms with Gasteiger partial charge in [0.05, 0.1) is 19.8 Å². The standard InChI is InChI=1S/C20H39N5O2.HI/c1-5-17(25-11-7-8-18(25)26)9-10-22-19(21-6-2)23-16-20(3,4)24-12-14-27-15-13-24;/h17H,5-16H2,1-4H3,(H2,21,22,23);1H. The number of rotatable bonds is 9. The van der Waals surface area contributed by atoms with Crippen molar-refractivity contribution in [3.05, 3.63) is 0 Å². The molecule has 28 heavy (non-hydrogen) atoms. The fourth-order valence-electron chi connectivity index (χ4n) is 3.88. The average Bonchev–Trinajstić information content (AvgIpc) is 3.10. The smallest absolute Gasteiger partial charge is 0.222 e. The maximum atomic E-state index is 12.0. The van der Waals surface area contributed by atoms with Gasteiger partial charge in [-0.15, -0.1) is 24.0 Å². The van der Waals surface area contributed by atoms with E-state index in [1.54, 1.807) is 0 Å². The van der Waals surface area contributed by atoms with E-state index >= 15 is 0 Å². The van der Waals surface area contributed by atoms with E-state index in [-0.39, 0.29) is 29.5 Å². The highest BCUT2D eigenvalue weighted by Gasteiger charge is 2.28. The molecule has 0 bridgehead atoms. The molecule has 164 valence electrons. The molecule has 2 fully saturated rings. The molecule has 2 N–H and O–H groups in total. The van der Waals surface area contributed by atoms with Crippen molar-refractivity contribution in [1.29, 1.82) is 0 Å². The van der Waals surface area contributed by atoms with Gasteiger partial charge in [0, 0.05) is 50.7 Å². The number of nitrogens with zero attached hydrogens (tertiary/aromatic N) is 3. The number of halogens is 1. The highest BCUT2D eigenvalue weighted by Crippen LogP contribution is 2.18. The third-order valence-electron chi connectivity index (χ3n) is 5.63. The Bertz CT molecular complexity index is 495. The Kier molecular flexibility index (Phi) is 11.7. The zero-order valence-corrected chi connectivity index (χ0v) is 20.5. The van der Waals surface area contributed by atoms with Gasteiger partial charge in [0.15, 0.2) is 5.96 Å². The number of hydrogen-bond donors (Lipinski definition) is 2. The van der Waals surface area contributed by atoms with Gasteiger partial charge in [-0.05, 0) is 40.0 Å². The van der Waals surface area contributed by atoms with E-state index in [4.69, 9.17) is 9.73 Å². The molecule has 0 aromatic rings. The molecular weight excluding hydrogens is 469 g/mol. The molecule has 1 amide bonds. The normalized spacial score (nSPS) is 20.1. The summed E-state index contributed by atoms with van der Waals surface area (Å²) >= 11 is 0. The van der Waals surface area contributed by atoms with Crippen LogP contribution in [-0.4, -0.2) is 85.7 Å². The molecule has 8 heteroatoms. The van der Waals surface area contributed by atoms with Gasteiger partial charge in [-0.25, -0.2) is 0 Å². The first kappa shape index (κ1) is 25.4. The first-order chi connectivity index (χ1) is 13.0. The van der Waals surface area contributed by atoms with E-state index in [0.717, 1.165) is 77.7 Å². The zero-order valence-electron chi connectivity index (χ0n) is 18.1. The summed E-state index contributed by atoms with van der Waals surface area (Å²) in [6.07, 6.45) is 3.68. The van der Waals surface area contributed by atoms with E-state index < -0.39 is 0 Å². The molecule has 0 radical (unpaired) electrons. The Labute approximate surface area is 188 Å². The van der Waals surface area contributed by atoms with Crippen molar-refractivity contribution >= 4 is 35.8 Å². The van der Waals surface area contributed by atoms with Crippen molar-refractivity contribution in [1.82, 2.24) is 20.4 Å². The van der Waals surface area contributed by atoms with Gasteiger partial charge in [0.1, 0.15) is 0 Å². The second-order valence-corrected chi connectivity index (χ2v) is 8.08. The molecule has 0 saturated carbocycles. The number of hydrogen-bond acceptors (Lipinski definition) is 4. The summed E-state index contributed by atoms with van der Waals surface area (Å²) in [5.74, 6) is 1.18. The van der Waals surface area contributed by atoms with E-state index in [1.807, 2.05) is 0 Å². The lowest BCUT2D eigenvalue weighted by Crippen LogP contribution is -2.52. The Morgan fingerprint density at radius 1 is 1.21 bits per heavy atom. The van der Waals surface area contributed by atoms with Crippen LogP contribution in [0.2, 0.25) is 0 Å². The lowest BCUT2D eigenvalue weighted by atomic mass is 10.0. The molecule has 2 saturated heterocycles. The van der Waals surface area contributed by atoms with Crippen molar-refractivity contribution in [2.24, 2.45) is 4.99 Å². The van der Waals surface area contributed by atoms with Crippen LogP contribution in [0, 0.1) is 0 Å². The lowest BCUT2D eigenvalue weighted by molar-refractivity contribution is -0.129. The Hall–Kier alpha value is -0.610. The summed E-state index contributed by atoms with van der Waals surface area (Å²) in [4.78, 5) is 21.3. The van der Waals surface area contributed by atoms with Crippen LogP contribution in [0.4, 0.5) is 0 Å². The van der Waals surface area contributed by atoms with Crippen LogP contribution in [0.5, 0.6) is 0 Å². The second-order valence-electron chi connectivity index (χ2n) is 8.08. The number of ether oxygens (including phenoxy) is 1. The average molecular weight is 509 g/mol. The van der Waals surface area contributed by atoms with Crippen molar-refractivity contribution < 1.29 is 9.53 Å². The quantitative estimate of drug-likeness (QED) is 0.283. The van der Waals surface area contributed by atoms with E-state index in [2.05, 4.69) is 48.1 Å². The fraction of sp³-hybridized carbons (Fsp3) is 0.900. The van der Waals surface area contributed by atoms with Crippen LogP contribution < -0.4 is 10.6 Å². The molecule has 2 rings (SSSR count). The fourth-order valence-corrected chi connectivity index (χ4v) is 3.88. The number of carbonyl (C=O) groups excluding carboxylic acids is 1. The Morgan fingerprint density at radius 2 is 1.93 bits per heavy atom. The molecule has 0 aromatic carbocycles. The number of guanidine groups is 1. The van der Waals surface area contributed by atoms with Gasteiger partial charge in [0.25, 0.3) is 0 Å². The summed E-state index contributed by atoms with van der Waals surface area (Å²) in [6.45, 7) is 15.6. The minimum Gasteiger partial charge on any atom is -0.379 e. The first-order valence-corrected chi connectivity index (χ1v) is 10.6. The zero-order chi connectivity index (χ0) is 19.7. The highest BCUT2D eigenvalue weighted by atomic mass is 127. The molecule has 2 aliphatic rings. The number of likely N-dealkylation sites (tertiary alicyclic amines) is 1. The van der Waals surface area contributed by atoms with Gasteiger partial charge in [0.2, 0.25) is 5.91 Å². The topological polar surface area (TPSA) is 69.2 Å². The number of nitrogens with one attached hydrogen (secondary N) is 2. The molecule has 7 nitrogen and oxygen atoms in total. The molecule has 0 spiro atoms. The molecule has 0 aromatic heterocycles. The third kappa shape index (κ3) is 7.67. The SMILES string of the molecule is CCNC(=NCC(C)(C)N1CCOCC1)NCCC(CC)N1CCCC1=O.I. The van der Waals surface area contributed by atoms with Crippen LogP contribution >= 0.6 is 24.0 Å². The maximum Gasteiger partial charge on any atom is 0.222 e. The van der Waals surface area contributed by atoms with Crippen LogP contribution in [0.1, 0.15) is 53.4 Å². The second kappa shape index (κ2) is 12.8.